The molecule has 1 amide bonds. The lowest BCUT2D eigenvalue weighted by Gasteiger charge is -2.07. The number of fused-ring (bicyclic) bond motifs is 1. The number of ether oxygens (including phenoxy) is 1. The van der Waals surface area contributed by atoms with Crippen LogP contribution >= 0.6 is 11.6 Å². The van der Waals surface area contributed by atoms with Crippen LogP contribution in [0.15, 0.2) is 66.7 Å². The van der Waals surface area contributed by atoms with Crippen LogP contribution in [0.5, 0.6) is 5.75 Å². The Morgan fingerprint density at radius 2 is 1.72 bits per heavy atom. The number of halogens is 1. The van der Waals surface area contributed by atoms with Gasteiger partial charge in [-0.15, -0.1) is 10.2 Å². The van der Waals surface area contributed by atoms with E-state index in [1.165, 1.54) is 0 Å². The normalized spacial score (nSPS) is 10.8. The van der Waals surface area contributed by atoms with Crippen LogP contribution in [0.2, 0.25) is 5.02 Å². The lowest BCUT2D eigenvalue weighted by molar-refractivity contribution is 0.102. The van der Waals surface area contributed by atoms with Crippen LogP contribution in [-0.4, -0.2) is 27.5 Å². The maximum absolute atomic E-state index is 12.5. The van der Waals surface area contributed by atoms with Crippen molar-refractivity contribution >= 4 is 34.2 Å². The summed E-state index contributed by atoms with van der Waals surface area (Å²) in [6.07, 6.45) is 0.938. The Balaban J connectivity index is 1.50. The van der Waals surface area contributed by atoms with Gasteiger partial charge in [-0.2, -0.15) is 4.80 Å². The minimum atomic E-state index is -0.198. The number of hydrogen-bond donors (Lipinski definition) is 1. The first-order chi connectivity index (χ1) is 14.1. The number of nitrogens with one attached hydrogen (secondary N) is 1. The summed E-state index contributed by atoms with van der Waals surface area (Å²) in [6, 6.07) is 19.8. The first-order valence-electron chi connectivity index (χ1n) is 9.29. The van der Waals surface area contributed by atoms with Crippen LogP contribution < -0.4 is 10.1 Å². The number of amides is 1. The lowest BCUT2D eigenvalue weighted by Crippen LogP contribution is -2.11. The molecule has 0 atom stereocenters. The molecular weight excluding hydrogens is 388 g/mol. The largest absolute Gasteiger partial charge is 0.494 e. The molecule has 6 nitrogen and oxygen atoms in total. The standard InChI is InChI=1S/C22H19ClN4O2/c1-2-13-29-19-10-3-15(4-11-19)22(28)24-17-7-12-20-21(14-17)26-27(25-20)18-8-5-16(23)6-9-18/h3-12,14H,2,13H2,1H3,(H,24,28). The second-order valence-electron chi connectivity index (χ2n) is 6.50. The van der Waals surface area contributed by atoms with E-state index in [-0.39, 0.29) is 5.91 Å². The molecule has 4 aromatic rings. The van der Waals surface area contributed by atoms with Gasteiger partial charge in [0.05, 0.1) is 12.3 Å². The highest BCUT2D eigenvalue weighted by molar-refractivity contribution is 6.30. The lowest BCUT2D eigenvalue weighted by atomic mass is 10.2. The van der Waals surface area contributed by atoms with Gasteiger partial charge in [0.15, 0.2) is 0 Å². The maximum atomic E-state index is 12.5. The number of aromatic nitrogens is 3. The maximum Gasteiger partial charge on any atom is 0.255 e. The zero-order valence-electron chi connectivity index (χ0n) is 15.8. The highest BCUT2D eigenvalue weighted by Crippen LogP contribution is 2.20. The average molecular weight is 407 g/mol. The van der Waals surface area contributed by atoms with Crippen LogP contribution in [0, 0.1) is 0 Å². The fourth-order valence-corrected chi connectivity index (χ4v) is 2.93. The van der Waals surface area contributed by atoms with E-state index in [1.807, 2.05) is 25.1 Å². The van der Waals surface area contributed by atoms with Crippen LogP contribution in [-0.2, 0) is 0 Å². The minimum absolute atomic E-state index is 0.198. The molecule has 0 aliphatic rings. The van der Waals surface area contributed by atoms with E-state index in [1.54, 1.807) is 53.3 Å². The fourth-order valence-electron chi connectivity index (χ4n) is 2.81. The molecule has 0 spiro atoms. The van der Waals surface area contributed by atoms with Gasteiger partial charge in [0.2, 0.25) is 0 Å². The summed E-state index contributed by atoms with van der Waals surface area (Å²) in [7, 11) is 0. The van der Waals surface area contributed by atoms with Crippen molar-refractivity contribution in [3.63, 3.8) is 0 Å². The van der Waals surface area contributed by atoms with E-state index in [0.29, 0.717) is 28.4 Å². The number of carbonyl (C=O) groups is 1. The predicted molar refractivity (Wildman–Crippen MR) is 114 cm³/mol. The monoisotopic (exact) mass is 406 g/mol. The van der Waals surface area contributed by atoms with E-state index in [9.17, 15) is 4.79 Å². The number of anilines is 1. The summed E-state index contributed by atoms with van der Waals surface area (Å²) in [4.78, 5) is 14.1. The second kappa shape index (κ2) is 8.32. The van der Waals surface area contributed by atoms with Crippen molar-refractivity contribution in [3.05, 3.63) is 77.3 Å². The minimum Gasteiger partial charge on any atom is -0.494 e. The van der Waals surface area contributed by atoms with Gasteiger partial charge in [-0.1, -0.05) is 18.5 Å². The third-order valence-corrected chi connectivity index (χ3v) is 4.54. The van der Waals surface area contributed by atoms with Gasteiger partial charge in [-0.25, -0.2) is 0 Å². The first-order valence-corrected chi connectivity index (χ1v) is 9.67. The molecule has 1 heterocycles. The van der Waals surface area contributed by atoms with Crippen LogP contribution in [0.25, 0.3) is 16.7 Å². The van der Waals surface area contributed by atoms with Crippen molar-refractivity contribution in [2.45, 2.75) is 13.3 Å². The Hall–Kier alpha value is -3.38. The molecule has 0 bridgehead atoms. The zero-order chi connectivity index (χ0) is 20.2. The van der Waals surface area contributed by atoms with Gasteiger partial charge >= 0.3 is 0 Å². The highest BCUT2D eigenvalue weighted by Gasteiger charge is 2.10. The Labute approximate surface area is 173 Å². The van der Waals surface area contributed by atoms with Gasteiger partial charge in [0.1, 0.15) is 16.8 Å². The first kappa shape index (κ1) is 19.0. The van der Waals surface area contributed by atoms with Gasteiger partial charge in [0.25, 0.3) is 5.91 Å². The summed E-state index contributed by atoms with van der Waals surface area (Å²) in [6.45, 7) is 2.70. The Morgan fingerprint density at radius 1 is 1.00 bits per heavy atom. The van der Waals surface area contributed by atoms with Gasteiger partial charge in [-0.05, 0) is 73.2 Å². The predicted octanol–water partition coefficient (Wildman–Crippen LogP) is 5.12. The van der Waals surface area contributed by atoms with Crippen molar-refractivity contribution in [2.24, 2.45) is 0 Å². The molecule has 0 fully saturated rings. The molecule has 1 aromatic heterocycles. The van der Waals surface area contributed by atoms with Crippen molar-refractivity contribution in [1.82, 2.24) is 15.0 Å². The van der Waals surface area contributed by atoms with E-state index < -0.39 is 0 Å². The average Bonchev–Trinajstić information content (AvgIpc) is 3.16. The van der Waals surface area contributed by atoms with Gasteiger partial charge in [-0.3, -0.25) is 4.79 Å². The van der Waals surface area contributed by atoms with Gasteiger partial charge in [0, 0.05) is 16.3 Å². The van der Waals surface area contributed by atoms with Crippen molar-refractivity contribution < 1.29 is 9.53 Å². The molecule has 1 N–H and O–H groups in total. The summed E-state index contributed by atoms with van der Waals surface area (Å²) < 4.78 is 5.55. The Kier molecular flexibility index (Phi) is 5.44. The molecule has 29 heavy (non-hydrogen) atoms. The van der Waals surface area contributed by atoms with E-state index in [2.05, 4.69) is 15.5 Å². The molecular formula is C22H19ClN4O2. The molecule has 0 unspecified atom stereocenters. The summed E-state index contributed by atoms with van der Waals surface area (Å²) in [5.41, 5.74) is 3.42. The van der Waals surface area contributed by atoms with Crippen LogP contribution in [0.4, 0.5) is 5.69 Å². The quantitative estimate of drug-likeness (QED) is 0.482. The number of carbonyl (C=O) groups excluding carboxylic acids is 1. The number of rotatable bonds is 6. The Morgan fingerprint density at radius 3 is 2.45 bits per heavy atom. The molecule has 0 aliphatic carbocycles. The van der Waals surface area contributed by atoms with Gasteiger partial charge < -0.3 is 10.1 Å². The summed E-state index contributed by atoms with van der Waals surface area (Å²) >= 11 is 5.93. The number of benzene rings is 3. The molecule has 0 saturated heterocycles. The smallest absolute Gasteiger partial charge is 0.255 e. The van der Waals surface area contributed by atoms with E-state index in [0.717, 1.165) is 23.4 Å². The molecule has 3 aromatic carbocycles. The molecule has 0 radical (unpaired) electrons. The number of hydrogen-bond acceptors (Lipinski definition) is 4. The van der Waals surface area contributed by atoms with Crippen LogP contribution in [0.3, 0.4) is 0 Å². The Bertz CT molecular complexity index is 1140. The van der Waals surface area contributed by atoms with Crippen LogP contribution in [0.1, 0.15) is 23.7 Å². The topological polar surface area (TPSA) is 69.0 Å². The van der Waals surface area contributed by atoms with E-state index in [4.69, 9.17) is 16.3 Å². The SMILES string of the molecule is CCCOc1ccc(C(=O)Nc2ccc3nn(-c4ccc(Cl)cc4)nc3c2)cc1. The summed E-state index contributed by atoms with van der Waals surface area (Å²) in [5.74, 6) is 0.556. The highest BCUT2D eigenvalue weighted by atomic mass is 35.5. The van der Waals surface area contributed by atoms with Crippen molar-refractivity contribution in [1.29, 1.82) is 0 Å². The third-order valence-electron chi connectivity index (χ3n) is 4.29. The molecule has 4 rings (SSSR count). The van der Waals surface area contributed by atoms with Crippen molar-refractivity contribution in [2.75, 3.05) is 11.9 Å². The van der Waals surface area contributed by atoms with Crippen molar-refractivity contribution in [3.8, 4) is 11.4 Å². The molecule has 0 saturated carbocycles. The van der Waals surface area contributed by atoms with E-state index >= 15 is 0 Å². The fraction of sp³-hybridized carbons (Fsp3) is 0.136. The summed E-state index contributed by atoms with van der Waals surface area (Å²) in [5, 5.41) is 12.5. The molecule has 7 heteroatoms. The molecule has 0 aliphatic heterocycles. The number of nitrogens with zero attached hydrogens (tertiary/aromatic N) is 3. The third kappa shape index (κ3) is 4.38. The zero-order valence-corrected chi connectivity index (χ0v) is 16.6. The second-order valence-corrected chi connectivity index (χ2v) is 6.93. The molecule has 146 valence electrons.